The molecule has 2 fully saturated rings. The lowest BCUT2D eigenvalue weighted by Crippen LogP contribution is -2.70. The van der Waals surface area contributed by atoms with E-state index in [1.807, 2.05) is 6.92 Å². The number of unbranched alkanes of at least 4 members (excludes halogenated alkanes) is 1. The lowest BCUT2D eigenvalue weighted by molar-refractivity contribution is -0.402. The number of nitrogens with two attached hydrogens (primary N) is 2. The van der Waals surface area contributed by atoms with E-state index in [1.54, 1.807) is 6.92 Å². The Morgan fingerprint density at radius 3 is 1.22 bits per heavy atom. The van der Waals surface area contributed by atoms with E-state index in [4.69, 9.17) is 39.5 Å². The highest BCUT2D eigenvalue weighted by Gasteiger charge is 2.54. The van der Waals surface area contributed by atoms with Gasteiger partial charge in [0.05, 0.1) is 38.3 Å². The highest BCUT2D eigenvalue weighted by atomic mass is 31.3. The number of phosphoric acid groups is 2. The Hall–Kier alpha value is -8.79. The van der Waals surface area contributed by atoms with E-state index in [-0.39, 0.29) is 32.2 Å². The number of carbonyl (C=O) groups is 11. The van der Waals surface area contributed by atoms with Gasteiger partial charge in [0, 0.05) is 26.8 Å². The van der Waals surface area contributed by atoms with Crippen LogP contribution in [0.5, 0.6) is 0 Å². The van der Waals surface area contributed by atoms with Gasteiger partial charge in [-0.15, -0.1) is 0 Å². The van der Waals surface area contributed by atoms with Gasteiger partial charge in [0.1, 0.15) is 79.0 Å². The number of aliphatic hydroxyl groups is 4. The highest BCUT2D eigenvalue weighted by Crippen LogP contribution is 2.57. The first-order chi connectivity index (χ1) is 64.8. The van der Waals surface area contributed by atoms with Crippen molar-refractivity contribution in [2.75, 3.05) is 26.4 Å². The van der Waals surface area contributed by atoms with Crippen LogP contribution in [0, 0.1) is 0 Å². The fraction of sp³-hybridized carbons (Fsp3) is 0.663. The number of quaternary nitrogens is 1. The predicted molar refractivity (Wildman–Crippen MR) is 518 cm³/mol. The number of amides is 10. The molecule has 0 saturated carbocycles. The summed E-state index contributed by atoms with van der Waals surface area (Å²) < 4.78 is 65.6. The molecule has 2 rings (SSSR count). The van der Waals surface area contributed by atoms with Crippen LogP contribution in [0.25, 0.3) is 0 Å². The number of primary amides is 2. The second-order valence-corrected chi connectivity index (χ2v) is 39.5. The maximum atomic E-state index is 14.2. The van der Waals surface area contributed by atoms with Crippen LogP contribution in [0.15, 0.2) is 128 Å². The normalized spacial score (nSPS) is 22.0. The van der Waals surface area contributed by atoms with Crippen molar-refractivity contribution in [2.45, 2.75) is 395 Å². The number of rotatable bonds is 67. The molecular weight excluding hydrogens is 1830 g/mol. The van der Waals surface area contributed by atoms with Crippen molar-refractivity contribution in [1.82, 2.24) is 42.5 Å². The summed E-state index contributed by atoms with van der Waals surface area (Å²) in [5, 5.41) is 73.2. The SMILES string of the molecule is CC(=O)N[C@H]1[C@H](O[C@H]2[C@H](O[C@H](C)C(=O)N[C@@H](C)C(=O)N[C@H](CCC(=O)N[C@@H](CCCCNC(=O)C[C@@H]([NH3+])C(N)=O)C(=O)N[C@H](C)C(=O)N[C@H](C)C(=O)[O-])C(N)=O)[C@@H](NC(C)=O)[C@@H](OP(=O)([O-])OP(=O)([O-])OC/C=C(/C)CC/C=C(/C)CC/C=C(/C)CC/C=C(/C)CC/C=C(/C)CC/C=C(/C)CC/C=C(/C)CC/C=C(/C)CC/C=C(\C)CC/C=C(\C)CCC=C(C)C)O[C@@H]2CO)O[C@H](CO)[C@@H](O)[C@@H]1O. The van der Waals surface area contributed by atoms with E-state index in [9.17, 15) is 97.2 Å². The number of aliphatic hydroxyl groups excluding tert-OH is 4. The first kappa shape index (κ1) is 125. The number of phosphoric ester groups is 2. The molecule has 19 N–H and O–H groups in total. The standard InChI is InChI=1S/C98H163N11O27P2/c1-60(2)31-21-32-61(3)33-22-34-62(4)35-23-36-63(5)37-24-38-64(6)39-25-40-65(7)41-26-42-66(8)43-27-44-67(9)45-28-46-68(10)47-29-48-69(11)49-30-50-70(12)54-56-130-137(126,127)136-138(128,129)135-98-85(107-76(18)113)89(88(81(59-111)133-98)134-97-84(106-75(17)112)87(117)86(116)80(58-110)132-97)131-74(16)94(122)103-72(14)93(121)109-78(91(101)119)52-53-82(114)108-79(51-19-20-55-102-83(115)57-77(99)90(100)118)95(123)104-71(13)92(120)105-73(15)96(124)125/h31,33,35,37,39,41,43,45,47,49,54,71-74,77-81,84-89,97-98,110-111,116-117H,19-30,32,34,36,38,40,42,44,46,48,50-53,55-59,99H2,1-18H3,(H2,100,118)(H2,101,119)(H,102,115)(H,103,122)(H,104,123)(H,105,120)(H,106,112)(H,107,113)(H,108,114)(H,109,121)(H,124,125)(H,126,127)(H,128,129)/p-2/b61-33+,62-35+,63-37-,64-39-,65-41-,66-43-,67-45-,68-47-,69-49-,70-54-/t71-,72+,73-,74-,77-,78-,79+,80-,81-,84-,85-,86-,87-,88-,89-,97+,98-/m1/s1. The third-order valence-electron chi connectivity index (χ3n) is 23.2. The smallest absolute Gasteiger partial charge is 0.276 e. The number of ether oxygens (including phenoxy) is 4. The van der Waals surface area contributed by atoms with Gasteiger partial charge in [-0.1, -0.05) is 128 Å². The Bertz CT molecular complexity index is 4400. The third-order valence-corrected chi connectivity index (χ3v) is 25.7. The van der Waals surface area contributed by atoms with Gasteiger partial charge in [-0.3, -0.25) is 61.6 Å². The van der Waals surface area contributed by atoms with Crippen LogP contribution >= 0.6 is 15.6 Å². The quantitative estimate of drug-likeness (QED) is 0.0169. The average molecular weight is 1990 g/mol. The van der Waals surface area contributed by atoms with Crippen molar-refractivity contribution in [2.24, 2.45) is 11.5 Å². The van der Waals surface area contributed by atoms with Crippen LogP contribution < -0.4 is 74.6 Å². The van der Waals surface area contributed by atoms with Gasteiger partial charge < -0.3 is 123 Å². The largest absolute Gasteiger partial charge is 0.756 e. The molecule has 0 aromatic heterocycles. The molecule has 782 valence electrons. The molecule has 2 aliphatic heterocycles. The summed E-state index contributed by atoms with van der Waals surface area (Å²) >= 11 is 0. The van der Waals surface area contributed by atoms with Gasteiger partial charge in [0.25, 0.3) is 21.6 Å². The number of carboxylic acids is 1. The lowest BCUT2D eigenvalue weighted by Gasteiger charge is -2.50. The minimum absolute atomic E-state index is 0.0413. The van der Waals surface area contributed by atoms with Gasteiger partial charge in [-0.05, 0) is 265 Å². The zero-order chi connectivity index (χ0) is 104. The summed E-state index contributed by atoms with van der Waals surface area (Å²) in [5.74, 6) is -11.1. The number of hydrogen-bond acceptors (Lipinski definition) is 27. The summed E-state index contributed by atoms with van der Waals surface area (Å²) in [7, 11) is -12.2. The molecule has 2 aliphatic rings. The Morgan fingerprint density at radius 1 is 0.435 bits per heavy atom. The Labute approximate surface area is 815 Å². The average Bonchev–Trinajstić information content (AvgIpc) is 0.764. The molecule has 38 nitrogen and oxygen atoms in total. The molecule has 2 heterocycles. The fourth-order valence-electron chi connectivity index (χ4n) is 14.6. The number of carbonyl (C=O) groups excluding carboxylic acids is 11. The third kappa shape index (κ3) is 53.7. The van der Waals surface area contributed by atoms with E-state index in [0.29, 0.717) is 18.4 Å². The molecule has 0 radical (unpaired) electrons. The molecule has 0 aliphatic carbocycles. The van der Waals surface area contributed by atoms with E-state index < -0.39 is 217 Å². The van der Waals surface area contributed by atoms with Gasteiger partial charge in [0.15, 0.2) is 18.6 Å². The molecule has 138 heavy (non-hydrogen) atoms. The van der Waals surface area contributed by atoms with E-state index in [0.717, 1.165) is 156 Å². The first-order valence-corrected chi connectivity index (χ1v) is 50.7. The zero-order valence-corrected chi connectivity index (χ0v) is 86.1. The number of nitrogens with one attached hydrogen (secondary N) is 8. The zero-order valence-electron chi connectivity index (χ0n) is 84.3. The molecule has 0 bridgehead atoms. The fourth-order valence-corrected chi connectivity index (χ4v) is 16.7. The summed E-state index contributed by atoms with van der Waals surface area (Å²) in [5.41, 5.74) is 29.0. The van der Waals surface area contributed by atoms with Crippen LogP contribution in [0.4, 0.5) is 0 Å². The van der Waals surface area contributed by atoms with Crippen molar-refractivity contribution in [3.05, 3.63) is 128 Å². The van der Waals surface area contributed by atoms with Crippen LogP contribution in [-0.2, 0) is 94.2 Å². The monoisotopic (exact) mass is 1990 g/mol. The van der Waals surface area contributed by atoms with Crippen molar-refractivity contribution in [3.63, 3.8) is 0 Å². The molecule has 2 saturated heterocycles. The van der Waals surface area contributed by atoms with Crippen molar-refractivity contribution < 1.29 is 135 Å². The van der Waals surface area contributed by atoms with Crippen LogP contribution in [0.3, 0.4) is 0 Å². The number of carboxylic acid groups (broad SMARTS) is 1. The van der Waals surface area contributed by atoms with Gasteiger partial charge >= 0.3 is 0 Å². The maximum Gasteiger partial charge on any atom is 0.276 e. The summed E-state index contributed by atoms with van der Waals surface area (Å²) in [6, 6.07) is -12.4. The molecule has 19 atom stereocenters. The Kier molecular flexibility index (Phi) is 60.7. The summed E-state index contributed by atoms with van der Waals surface area (Å²) in [4.78, 5) is 168. The van der Waals surface area contributed by atoms with Crippen molar-refractivity contribution in [3.8, 4) is 0 Å². The van der Waals surface area contributed by atoms with E-state index in [1.165, 1.54) is 63.2 Å². The van der Waals surface area contributed by atoms with E-state index in [2.05, 4.69) is 183 Å². The first-order valence-electron chi connectivity index (χ1n) is 47.8. The topological polar surface area (TPSA) is 613 Å². The molecule has 10 amide bonds. The molecule has 0 aromatic carbocycles. The van der Waals surface area contributed by atoms with E-state index >= 15 is 0 Å². The second-order valence-electron chi connectivity index (χ2n) is 36.6. The molecule has 40 heteroatoms. The minimum Gasteiger partial charge on any atom is -0.756 e. The minimum atomic E-state index is -6.28. The van der Waals surface area contributed by atoms with Gasteiger partial charge in [0.2, 0.25) is 53.2 Å². The highest BCUT2D eigenvalue weighted by molar-refractivity contribution is 7.59. The summed E-state index contributed by atoms with van der Waals surface area (Å²) in [6.45, 7) is 29.5. The predicted octanol–water partition coefficient (Wildman–Crippen LogP) is 6.80. The van der Waals surface area contributed by atoms with Crippen LogP contribution in [0.1, 0.15) is 292 Å². The summed E-state index contributed by atoms with van der Waals surface area (Å²) in [6.07, 6.45) is 25.5. The van der Waals surface area contributed by atoms with Crippen LogP contribution in [-0.4, -0.2) is 215 Å². The molecular formula is C98H161N11O27P2-2. The Morgan fingerprint density at radius 2 is 0.826 bits per heavy atom. The van der Waals surface area contributed by atoms with Gasteiger partial charge in [-0.25, -0.2) is 4.31 Å². The van der Waals surface area contributed by atoms with Gasteiger partial charge in [-0.2, -0.15) is 0 Å². The number of hydrogen-bond donors (Lipinski definition) is 15. The maximum absolute atomic E-state index is 14.2. The molecule has 0 aromatic rings. The lowest BCUT2D eigenvalue weighted by atomic mass is 9.94. The molecule has 0 spiro atoms. The van der Waals surface area contributed by atoms with Crippen molar-refractivity contribution in [1.29, 1.82) is 0 Å². The number of aliphatic carboxylic acids is 1. The Balaban J connectivity index is 2.13. The second kappa shape index (κ2) is 66.8. The molecule has 2 unspecified atom stereocenters. The van der Waals surface area contributed by atoms with Crippen molar-refractivity contribution >= 4 is 80.7 Å². The number of allylic oxidation sites excluding steroid dienone is 21. The van der Waals surface area contributed by atoms with Crippen LogP contribution in [0.2, 0.25) is 0 Å².